The van der Waals surface area contributed by atoms with Crippen LogP contribution in [0.5, 0.6) is 11.5 Å². The third-order valence-corrected chi connectivity index (χ3v) is 10.1. The minimum Gasteiger partial charge on any atom is -0.488 e. The van der Waals surface area contributed by atoms with Gasteiger partial charge in [-0.25, -0.2) is 0 Å². The molecule has 15 heteroatoms. The minimum atomic E-state index is -4.82. The lowest BCUT2D eigenvalue weighted by atomic mass is 9.63. The first-order valence-corrected chi connectivity index (χ1v) is 17.7. The van der Waals surface area contributed by atoms with E-state index in [0.717, 1.165) is 6.92 Å². The lowest BCUT2D eigenvalue weighted by molar-refractivity contribution is -0.258. The average Bonchev–Trinajstić information content (AvgIpc) is 3.58. The molecule has 288 valence electrons. The van der Waals surface area contributed by atoms with Gasteiger partial charge < -0.3 is 34.4 Å². The van der Waals surface area contributed by atoms with Gasteiger partial charge in [-0.1, -0.05) is 54.1 Å². The van der Waals surface area contributed by atoms with Gasteiger partial charge in [0.25, 0.3) is 0 Å². The number of β-amino-alcohol motifs (C(OH)–C–C–N with tert-alkyl or cyclic N) is 1. The van der Waals surface area contributed by atoms with Crippen LogP contribution in [0.2, 0.25) is 5.02 Å². The molecule has 1 aromatic heterocycles. The van der Waals surface area contributed by atoms with Gasteiger partial charge in [0, 0.05) is 62.4 Å². The summed E-state index contributed by atoms with van der Waals surface area (Å²) < 4.78 is 65.5. The van der Waals surface area contributed by atoms with Crippen molar-refractivity contribution in [2.45, 2.75) is 56.8 Å². The number of pyridine rings is 1. The second-order valence-corrected chi connectivity index (χ2v) is 13.8. The second kappa shape index (κ2) is 17.8. The lowest BCUT2D eigenvalue weighted by Gasteiger charge is -2.50. The van der Waals surface area contributed by atoms with E-state index in [1.165, 1.54) is 42.8 Å². The number of aromatic nitrogens is 1. The monoisotopic (exact) mass is 770 g/mol. The van der Waals surface area contributed by atoms with Crippen LogP contribution in [0.3, 0.4) is 0 Å². The first-order valence-electron chi connectivity index (χ1n) is 17.4. The summed E-state index contributed by atoms with van der Waals surface area (Å²) in [6, 6.07) is 13.4. The van der Waals surface area contributed by atoms with E-state index in [2.05, 4.69) is 10.3 Å². The van der Waals surface area contributed by atoms with Crippen LogP contribution in [0.4, 0.5) is 13.2 Å². The Balaban J connectivity index is 1.48. The number of nitrogens with one attached hydrogen (secondary N) is 1. The van der Waals surface area contributed by atoms with E-state index in [1.54, 1.807) is 36.4 Å². The van der Waals surface area contributed by atoms with E-state index in [4.69, 9.17) is 25.8 Å². The van der Waals surface area contributed by atoms with Crippen LogP contribution in [0.1, 0.15) is 42.0 Å². The number of ether oxygens (including phenoxy) is 3. The summed E-state index contributed by atoms with van der Waals surface area (Å²) in [5, 5.41) is 40.9. The number of allylic oxidation sites excluding steroid dienone is 2. The van der Waals surface area contributed by atoms with Crippen molar-refractivity contribution < 1.29 is 47.5 Å². The molecule has 1 saturated heterocycles. The summed E-state index contributed by atoms with van der Waals surface area (Å²) in [5.74, 6) is -1.17. The van der Waals surface area contributed by atoms with Gasteiger partial charge >= 0.3 is 12.1 Å². The Hall–Kier alpha value is -4.49. The van der Waals surface area contributed by atoms with Crippen molar-refractivity contribution in [1.82, 2.24) is 15.2 Å². The highest BCUT2D eigenvalue weighted by atomic mass is 35.5. The first-order chi connectivity index (χ1) is 25.8. The highest BCUT2D eigenvalue weighted by Gasteiger charge is 2.67. The van der Waals surface area contributed by atoms with Gasteiger partial charge in [0.2, 0.25) is 0 Å². The molecule has 2 heterocycles. The Morgan fingerprint density at radius 2 is 1.96 bits per heavy atom. The number of carboxylic acids is 1. The highest BCUT2D eigenvalue weighted by molar-refractivity contribution is 6.32. The van der Waals surface area contributed by atoms with Crippen LogP contribution >= 0.6 is 11.6 Å². The van der Waals surface area contributed by atoms with Gasteiger partial charge in [-0.05, 0) is 49.1 Å². The smallest absolute Gasteiger partial charge is 0.401 e. The fourth-order valence-electron chi connectivity index (χ4n) is 6.64. The second-order valence-electron chi connectivity index (χ2n) is 13.4. The van der Waals surface area contributed by atoms with Gasteiger partial charge in [0.1, 0.15) is 47.8 Å². The molecule has 4 atom stereocenters. The molecule has 1 aliphatic carbocycles. The molecule has 3 unspecified atom stereocenters. The molecule has 0 amide bonds. The van der Waals surface area contributed by atoms with Crippen LogP contribution in [0, 0.1) is 16.7 Å². The normalized spacial score (nSPS) is 22.0. The molecule has 3 aromatic rings. The topological polar surface area (TPSA) is 157 Å². The minimum absolute atomic E-state index is 0.00163. The van der Waals surface area contributed by atoms with Crippen molar-refractivity contribution >= 4 is 23.1 Å². The Morgan fingerprint density at radius 3 is 2.63 bits per heavy atom. The number of likely N-dealkylation sites (tertiary alicyclic amines) is 1. The van der Waals surface area contributed by atoms with E-state index in [0.29, 0.717) is 54.7 Å². The maximum Gasteiger partial charge on any atom is 0.401 e. The maximum atomic E-state index is 15.6. The Kier molecular flexibility index (Phi) is 13.4. The summed E-state index contributed by atoms with van der Waals surface area (Å²) in [6.45, 7) is 1.22. The molecule has 54 heavy (non-hydrogen) atoms. The molecular formula is C39H42ClF3N4O7. The molecule has 11 nitrogen and oxygen atoms in total. The predicted molar refractivity (Wildman–Crippen MR) is 194 cm³/mol. The summed E-state index contributed by atoms with van der Waals surface area (Å²) in [4.78, 5) is 17.6. The number of hydrogen-bond acceptors (Lipinski definition) is 10. The van der Waals surface area contributed by atoms with Gasteiger partial charge in [-0.2, -0.15) is 18.4 Å². The first kappa shape index (κ1) is 40.7. The molecule has 2 aliphatic rings. The largest absolute Gasteiger partial charge is 0.488 e. The predicted octanol–water partition coefficient (Wildman–Crippen LogP) is 5.53. The molecular weight excluding hydrogens is 729 g/mol. The van der Waals surface area contributed by atoms with E-state index in [9.17, 15) is 25.4 Å². The quantitative estimate of drug-likeness (QED) is 0.128. The summed E-state index contributed by atoms with van der Waals surface area (Å²) >= 11 is 6.69. The maximum absolute atomic E-state index is 15.6. The zero-order chi connectivity index (χ0) is 38.9. The fraction of sp³-hybridized carbons (Fsp3) is 0.410. The Labute approximate surface area is 316 Å². The molecule has 1 fully saturated rings. The molecule has 4 N–H and O–H groups in total. The lowest BCUT2D eigenvalue weighted by Crippen LogP contribution is -2.60. The van der Waals surface area contributed by atoms with Crippen molar-refractivity contribution in [3.05, 3.63) is 106 Å². The third-order valence-electron chi connectivity index (χ3n) is 9.79. The molecule has 0 spiro atoms. The van der Waals surface area contributed by atoms with Gasteiger partial charge in [-0.15, -0.1) is 0 Å². The fourth-order valence-corrected chi connectivity index (χ4v) is 6.88. The number of aliphatic hydroxyl groups excluding tert-OH is 2. The number of rotatable bonds is 17. The molecule has 5 rings (SSSR count). The number of benzene rings is 2. The SMILES string of the molecule is CC1(C(F)(F)F)C(c2ccccc2)=CC=CC1(COc1cc(OCc2cncc(C#N)c2)c(CNC(CO)C(=O)O)cc1Cl)OCCCN1CC[C@@H](O)C1. The van der Waals surface area contributed by atoms with Crippen LogP contribution in [0.15, 0.2) is 79.2 Å². The number of halogens is 4. The highest BCUT2D eigenvalue weighted by Crippen LogP contribution is 2.58. The summed E-state index contributed by atoms with van der Waals surface area (Å²) in [6.07, 6.45) is 2.98. The van der Waals surface area contributed by atoms with Crippen molar-refractivity contribution in [2.75, 3.05) is 39.5 Å². The van der Waals surface area contributed by atoms with Gasteiger partial charge in [-0.3, -0.25) is 15.1 Å². The van der Waals surface area contributed by atoms with Crippen molar-refractivity contribution in [2.24, 2.45) is 5.41 Å². The zero-order valence-corrected chi connectivity index (χ0v) is 30.3. The number of hydrogen-bond donors (Lipinski definition) is 4. The molecule has 2 aromatic carbocycles. The van der Waals surface area contributed by atoms with E-state index in [-0.39, 0.29) is 41.9 Å². The molecule has 0 bridgehead atoms. The number of carboxylic acid groups (broad SMARTS) is 1. The standard InChI is InChI=1S/C39H42ClF3N4O7/c1-37(39(41,42)43)31(28-7-3-2-4-8-28)9-5-11-38(37,54-14-6-12-47-13-10-30(49)22-47)25-53-35-17-34(52-24-27-15-26(18-44)19-45-20-27)29(16-32(35)40)21-46-33(23-48)36(50)51/h2-5,7-9,11,15-17,19-20,30,33,46,48-49H,6,10,12-14,21-25H2,1H3,(H,50,51)/t30-,33?,37?,38?/m1/s1. The number of carbonyl (C=O) groups is 1. The van der Waals surface area contributed by atoms with Crippen molar-refractivity contribution in [3.63, 3.8) is 0 Å². The number of aliphatic hydroxyl groups is 2. The zero-order valence-electron chi connectivity index (χ0n) is 29.6. The van der Waals surface area contributed by atoms with E-state index in [1.807, 2.05) is 11.0 Å². The van der Waals surface area contributed by atoms with Crippen LogP contribution in [-0.4, -0.2) is 94.6 Å². The number of nitriles is 1. The van der Waals surface area contributed by atoms with Crippen LogP contribution in [0.25, 0.3) is 5.57 Å². The molecule has 0 radical (unpaired) electrons. The van der Waals surface area contributed by atoms with Crippen molar-refractivity contribution in [1.29, 1.82) is 5.26 Å². The van der Waals surface area contributed by atoms with Gasteiger partial charge in [0.05, 0.1) is 23.3 Å². The van der Waals surface area contributed by atoms with E-state index < -0.39 is 48.5 Å². The average molecular weight is 771 g/mol. The third kappa shape index (κ3) is 9.23. The number of nitrogens with zero attached hydrogens (tertiary/aromatic N) is 3. The van der Waals surface area contributed by atoms with Gasteiger partial charge in [0.15, 0.2) is 0 Å². The number of aliphatic carboxylic acids is 1. The Bertz CT molecular complexity index is 1870. The van der Waals surface area contributed by atoms with Crippen molar-refractivity contribution in [3.8, 4) is 17.6 Å². The van der Waals surface area contributed by atoms with Crippen LogP contribution < -0.4 is 14.8 Å². The Morgan fingerprint density at radius 1 is 1.19 bits per heavy atom. The number of alkyl halides is 3. The molecule has 1 aliphatic heterocycles. The van der Waals surface area contributed by atoms with E-state index >= 15 is 13.2 Å². The summed E-state index contributed by atoms with van der Waals surface area (Å²) in [7, 11) is 0. The molecule has 0 saturated carbocycles. The summed E-state index contributed by atoms with van der Waals surface area (Å²) in [5.41, 5.74) is -3.14. The van der Waals surface area contributed by atoms with Crippen LogP contribution in [-0.2, 0) is 22.7 Å².